The number of rotatable bonds is 8. The van der Waals surface area contributed by atoms with E-state index in [9.17, 15) is 13.2 Å². The fourth-order valence-electron chi connectivity index (χ4n) is 2.73. The number of hydrogen-bond acceptors (Lipinski definition) is 5. The van der Waals surface area contributed by atoms with Gasteiger partial charge in [-0.25, -0.2) is 8.42 Å². The van der Waals surface area contributed by atoms with Gasteiger partial charge in [0.1, 0.15) is 5.75 Å². The van der Waals surface area contributed by atoms with Crippen molar-refractivity contribution in [3.05, 3.63) is 83.9 Å². The van der Waals surface area contributed by atoms with Gasteiger partial charge in [-0.2, -0.15) is 0 Å². The van der Waals surface area contributed by atoms with Crippen molar-refractivity contribution < 1.29 is 17.9 Å². The van der Waals surface area contributed by atoms with Crippen LogP contribution in [0.5, 0.6) is 5.75 Å². The van der Waals surface area contributed by atoms with Crippen molar-refractivity contribution in [2.24, 2.45) is 0 Å². The van der Waals surface area contributed by atoms with Crippen molar-refractivity contribution in [2.75, 3.05) is 18.9 Å². The first-order valence-corrected chi connectivity index (χ1v) is 11.6. The van der Waals surface area contributed by atoms with Crippen molar-refractivity contribution in [2.45, 2.75) is 15.5 Å². The van der Waals surface area contributed by atoms with Gasteiger partial charge >= 0.3 is 0 Å². The van der Waals surface area contributed by atoms with Gasteiger partial charge in [0.2, 0.25) is 0 Å². The van der Waals surface area contributed by atoms with E-state index in [0.717, 1.165) is 11.3 Å². The number of anilines is 1. The minimum atomic E-state index is -3.86. The first-order valence-electron chi connectivity index (χ1n) is 9.12. The Balaban J connectivity index is 1.73. The van der Waals surface area contributed by atoms with Crippen LogP contribution in [0.25, 0.3) is 0 Å². The Morgan fingerprint density at radius 1 is 1.00 bits per heavy atom. The molecule has 1 amide bonds. The van der Waals surface area contributed by atoms with Crippen molar-refractivity contribution in [1.29, 1.82) is 0 Å². The van der Waals surface area contributed by atoms with Crippen LogP contribution in [-0.4, -0.2) is 28.5 Å². The molecule has 3 rings (SSSR count). The summed E-state index contributed by atoms with van der Waals surface area (Å²) in [7, 11) is -0.968. The fraction of sp³-hybridized carbons (Fsp3) is 0.136. The molecule has 0 bridgehead atoms. The predicted octanol–water partition coefficient (Wildman–Crippen LogP) is 4.15. The highest BCUT2D eigenvalue weighted by Gasteiger charge is 2.19. The van der Waals surface area contributed by atoms with Crippen LogP contribution in [-0.2, 0) is 15.8 Å². The summed E-state index contributed by atoms with van der Waals surface area (Å²) in [6, 6.07) is 21.4. The Hall–Kier alpha value is -2.97. The molecule has 8 heteroatoms. The maximum Gasteiger partial charge on any atom is 0.261 e. The second-order valence-electron chi connectivity index (χ2n) is 6.35. The van der Waals surface area contributed by atoms with Gasteiger partial charge in [-0.1, -0.05) is 30.3 Å². The molecule has 3 aromatic carbocycles. The van der Waals surface area contributed by atoms with Crippen LogP contribution in [0.1, 0.15) is 15.9 Å². The average molecular weight is 443 g/mol. The summed E-state index contributed by atoms with van der Waals surface area (Å²) in [5.74, 6) is 0.656. The number of methoxy groups -OCH3 is 1. The second-order valence-corrected chi connectivity index (χ2v) is 9.08. The van der Waals surface area contributed by atoms with Crippen molar-refractivity contribution in [3.8, 4) is 5.75 Å². The topological polar surface area (TPSA) is 84.5 Å². The smallest absolute Gasteiger partial charge is 0.261 e. The largest absolute Gasteiger partial charge is 0.496 e. The van der Waals surface area contributed by atoms with E-state index in [0.29, 0.717) is 11.4 Å². The number of hydrogen-bond donors (Lipinski definition) is 2. The molecule has 0 atom stereocenters. The lowest BCUT2D eigenvalue weighted by atomic mass is 10.2. The molecule has 0 aliphatic rings. The summed E-state index contributed by atoms with van der Waals surface area (Å²) >= 11 is 1.71. The molecule has 0 aliphatic heterocycles. The zero-order chi connectivity index (χ0) is 21.6. The van der Waals surface area contributed by atoms with Gasteiger partial charge in [-0.05, 0) is 48.0 Å². The quantitative estimate of drug-likeness (QED) is 0.512. The first kappa shape index (κ1) is 21.7. The number of carbonyl (C=O) groups is 1. The van der Waals surface area contributed by atoms with E-state index in [-0.39, 0.29) is 10.5 Å². The van der Waals surface area contributed by atoms with Gasteiger partial charge in [-0.3, -0.25) is 9.52 Å². The predicted molar refractivity (Wildman–Crippen MR) is 120 cm³/mol. The van der Waals surface area contributed by atoms with E-state index in [2.05, 4.69) is 22.2 Å². The first-order chi connectivity index (χ1) is 14.4. The zero-order valence-electron chi connectivity index (χ0n) is 16.6. The molecule has 0 heterocycles. The zero-order valence-corrected chi connectivity index (χ0v) is 18.2. The number of benzene rings is 3. The molecule has 0 fully saturated rings. The van der Waals surface area contributed by atoms with Crippen LogP contribution in [0.2, 0.25) is 0 Å². The highest BCUT2D eigenvalue weighted by Crippen LogP contribution is 2.26. The average Bonchev–Trinajstić information content (AvgIpc) is 2.78. The Bertz CT molecular complexity index is 1120. The lowest BCUT2D eigenvalue weighted by Crippen LogP contribution is -2.20. The monoisotopic (exact) mass is 442 g/mol. The Labute approximate surface area is 180 Å². The summed E-state index contributed by atoms with van der Waals surface area (Å²) in [4.78, 5) is 13.2. The number of thioether (sulfide) groups is 1. The molecule has 30 heavy (non-hydrogen) atoms. The molecule has 2 N–H and O–H groups in total. The van der Waals surface area contributed by atoms with Crippen molar-refractivity contribution in [1.82, 2.24) is 5.32 Å². The van der Waals surface area contributed by atoms with Crippen molar-refractivity contribution in [3.63, 3.8) is 0 Å². The van der Waals surface area contributed by atoms with Crippen LogP contribution >= 0.6 is 11.8 Å². The Morgan fingerprint density at radius 2 is 1.70 bits per heavy atom. The second kappa shape index (κ2) is 9.69. The highest BCUT2D eigenvalue weighted by atomic mass is 32.2. The Kier molecular flexibility index (Phi) is 7.02. The van der Waals surface area contributed by atoms with E-state index in [4.69, 9.17) is 4.74 Å². The van der Waals surface area contributed by atoms with E-state index in [1.54, 1.807) is 23.9 Å². The third-order valence-corrected chi connectivity index (χ3v) is 6.77. The standard InChI is InChI=1S/C22H22N2O4S2/c1-23-22(25)20-14-19(12-13-21(20)28-2)30(26,27)24-17-10-8-16(9-11-17)15-29-18-6-4-3-5-7-18/h3-14,24H,15H2,1-2H3,(H,23,25). The van der Waals surface area contributed by atoms with Crippen LogP contribution in [0.4, 0.5) is 5.69 Å². The van der Waals surface area contributed by atoms with Gasteiger partial charge in [-0.15, -0.1) is 11.8 Å². The number of nitrogens with one attached hydrogen (secondary N) is 2. The molecule has 0 aromatic heterocycles. The van der Waals surface area contributed by atoms with Gasteiger partial charge in [0.25, 0.3) is 15.9 Å². The molecule has 0 spiro atoms. The molecule has 0 saturated heterocycles. The van der Waals surface area contributed by atoms with Crippen molar-refractivity contribution >= 4 is 33.4 Å². The van der Waals surface area contributed by atoms with Crippen LogP contribution in [0.3, 0.4) is 0 Å². The third kappa shape index (κ3) is 5.34. The number of sulfonamides is 1. The van der Waals surface area contributed by atoms with E-state index < -0.39 is 15.9 Å². The molecule has 0 aliphatic carbocycles. The molecule has 156 valence electrons. The van der Waals surface area contributed by atoms with Gasteiger partial charge in [0.05, 0.1) is 17.6 Å². The highest BCUT2D eigenvalue weighted by molar-refractivity contribution is 7.98. The fourth-order valence-corrected chi connectivity index (χ4v) is 4.69. The molecular formula is C22H22N2O4S2. The molecule has 0 radical (unpaired) electrons. The Morgan fingerprint density at radius 3 is 2.33 bits per heavy atom. The maximum atomic E-state index is 12.8. The molecule has 3 aromatic rings. The molecule has 0 unspecified atom stereocenters. The van der Waals surface area contributed by atoms with Crippen LogP contribution < -0.4 is 14.8 Å². The van der Waals surface area contributed by atoms with E-state index in [1.165, 1.54) is 37.3 Å². The summed E-state index contributed by atoms with van der Waals surface area (Å²) in [5.41, 5.74) is 1.68. The number of ether oxygens (including phenoxy) is 1. The third-order valence-electron chi connectivity index (χ3n) is 4.31. The maximum absolute atomic E-state index is 12.8. The normalized spacial score (nSPS) is 11.0. The van der Waals surface area contributed by atoms with Gasteiger partial charge < -0.3 is 10.1 Å². The van der Waals surface area contributed by atoms with E-state index >= 15 is 0 Å². The number of carbonyl (C=O) groups excluding carboxylic acids is 1. The SMILES string of the molecule is CNC(=O)c1cc(S(=O)(=O)Nc2ccc(CSc3ccccc3)cc2)ccc1OC. The summed E-state index contributed by atoms with van der Waals surface area (Å²) in [5, 5.41) is 2.48. The van der Waals surface area contributed by atoms with E-state index in [1.807, 2.05) is 30.3 Å². The molecular weight excluding hydrogens is 420 g/mol. The van der Waals surface area contributed by atoms with Gasteiger partial charge in [0.15, 0.2) is 0 Å². The lowest BCUT2D eigenvalue weighted by Gasteiger charge is -2.12. The number of amides is 1. The molecule has 6 nitrogen and oxygen atoms in total. The van der Waals surface area contributed by atoms with Crippen LogP contribution in [0.15, 0.2) is 82.6 Å². The van der Waals surface area contributed by atoms with Crippen LogP contribution in [0, 0.1) is 0 Å². The minimum Gasteiger partial charge on any atom is -0.496 e. The van der Waals surface area contributed by atoms with Gasteiger partial charge in [0, 0.05) is 23.4 Å². The minimum absolute atomic E-state index is 0.0226. The molecule has 0 saturated carbocycles. The summed E-state index contributed by atoms with van der Waals surface area (Å²) in [6.07, 6.45) is 0. The summed E-state index contributed by atoms with van der Waals surface area (Å²) < 4.78 is 33.2. The summed E-state index contributed by atoms with van der Waals surface area (Å²) in [6.45, 7) is 0. The lowest BCUT2D eigenvalue weighted by molar-refractivity contribution is 0.0960.